The molecule has 90 valence electrons. The monoisotopic (exact) mass is 262 g/mol. The van der Waals surface area contributed by atoms with E-state index in [4.69, 9.17) is 23.2 Å². The fourth-order valence-electron chi connectivity index (χ4n) is 1.57. The first-order valence-corrected chi connectivity index (χ1v) is 6.26. The van der Waals surface area contributed by atoms with E-state index < -0.39 is 0 Å². The number of rotatable bonds is 3. The van der Waals surface area contributed by atoms with Crippen LogP contribution in [0.15, 0.2) is 18.2 Å². The van der Waals surface area contributed by atoms with Gasteiger partial charge in [0.2, 0.25) is 0 Å². The Morgan fingerprint density at radius 1 is 1.31 bits per heavy atom. The molecule has 0 fully saturated rings. The summed E-state index contributed by atoms with van der Waals surface area (Å²) in [6, 6.07) is 4.77. The zero-order valence-electron chi connectivity index (χ0n) is 9.86. The van der Waals surface area contributed by atoms with E-state index in [1.807, 2.05) is 0 Å². The zero-order valence-corrected chi connectivity index (χ0v) is 11.4. The highest BCUT2D eigenvalue weighted by Gasteiger charge is 2.25. The van der Waals surface area contributed by atoms with Crippen molar-refractivity contribution in [3.8, 4) is 0 Å². The Balaban J connectivity index is 2.95. The number of hydrogen-bond acceptors (Lipinski definition) is 0. The Morgan fingerprint density at radius 2 is 1.94 bits per heavy atom. The second kappa shape index (κ2) is 5.37. The first-order chi connectivity index (χ1) is 7.36. The molecule has 0 saturated heterocycles. The molecule has 0 aliphatic carbocycles. The molecule has 1 aromatic carbocycles. The highest BCUT2D eigenvalue weighted by molar-refractivity contribution is 6.31. The average Bonchev–Trinajstić information content (AvgIpc) is 2.15. The molecule has 0 heterocycles. The van der Waals surface area contributed by atoms with Crippen LogP contribution in [0.3, 0.4) is 0 Å². The van der Waals surface area contributed by atoms with Crippen molar-refractivity contribution >= 4 is 23.2 Å². The first-order valence-electron chi connectivity index (χ1n) is 5.35. The lowest BCUT2D eigenvalue weighted by Gasteiger charge is -2.29. The van der Waals surface area contributed by atoms with Crippen LogP contribution in [0.4, 0.5) is 4.39 Å². The van der Waals surface area contributed by atoms with Gasteiger partial charge in [0.05, 0.1) is 0 Å². The third-order valence-electron chi connectivity index (χ3n) is 2.92. The topological polar surface area (TPSA) is 0 Å². The van der Waals surface area contributed by atoms with Gasteiger partial charge < -0.3 is 0 Å². The van der Waals surface area contributed by atoms with E-state index in [1.165, 1.54) is 6.07 Å². The fourth-order valence-corrected chi connectivity index (χ4v) is 2.38. The van der Waals surface area contributed by atoms with Gasteiger partial charge in [0.1, 0.15) is 5.82 Å². The van der Waals surface area contributed by atoms with Gasteiger partial charge in [-0.1, -0.05) is 38.4 Å². The minimum atomic E-state index is -0.244. The number of halogens is 3. The third kappa shape index (κ3) is 3.36. The van der Waals surface area contributed by atoms with E-state index in [1.54, 1.807) is 12.1 Å². The van der Waals surface area contributed by atoms with Crippen LogP contribution in [-0.2, 0) is 6.42 Å². The predicted molar refractivity (Wildman–Crippen MR) is 68.8 cm³/mol. The molecule has 0 aliphatic rings. The summed E-state index contributed by atoms with van der Waals surface area (Å²) in [5.41, 5.74) is 0.623. The molecule has 0 amide bonds. The summed E-state index contributed by atoms with van der Waals surface area (Å²) >= 11 is 11.9. The van der Waals surface area contributed by atoms with Crippen LogP contribution in [-0.4, -0.2) is 5.88 Å². The molecule has 1 rings (SSSR count). The van der Waals surface area contributed by atoms with Gasteiger partial charge in [-0.3, -0.25) is 0 Å². The molecule has 1 unspecified atom stereocenters. The minimum absolute atomic E-state index is 0.0490. The molecule has 0 saturated carbocycles. The van der Waals surface area contributed by atoms with E-state index in [9.17, 15) is 4.39 Å². The maximum absolute atomic E-state index is 13.6. The molecule has 0 N–H and O–H groups in total. The molecular weight excluding hydrogens is 246 g/mol. The Kier molecular flexibility index (Phi) is 4.63. The number of hydrogen-bond donors (Lipinski definition) is 0. The summed E-state index contributed by atoms with van der Waals surface area (Å²) in [5.74, 6) is 0.476. The van der Waals surface area contributed by atoms with Crippen LogP contribution in [0.1, 0.15) is 26.3 Å². The molecule has 0 radical (unpaired) electrons. The van der Waals surface area contributed by atoms with Gasteiger partial charge >= 0.3 is 0 Å². The maximum Gasteiger partial charge on any atom is 0.127 e. The van der Waals surface area contributed by atoms with Crippen molar-refractivity contribution in [2.45, 2.75) is 27.2 Å². The molecule has 0 nitrogen and oxygen atoms in total. The lowest BCUT2D eigenvalue weighted by molar-refractivity contribution is 0.262. The summed E-state index contributed by atoms with van der Waals surface area (Å²) in [4.78, 5) is 0. The Hall–Kier alpha value is -0.270. The fraction of sp³-hybridized carbons (Fsp3) is 0.538. The largest absolute Gasteiger partial charge is 0.207 e. The Labute approximate surface area is 107 Å². The van der Waals surface area contributed by atoms with Crippen molar-refractivity contribution in [3.05, 3.63) is 34.6 Å². The zero-order chi connectivity index (χ0) is 12.3. The molecule has 16 heavy (non-hydrogen) atoms. The summed E-state index contributed by atoms with van der Waals surface area (Å²) in [6.45, 7) is 6.32. The van der Waals surface area contributed by atoms with Crippen LogP contribution in [0.2, 0.25) is 5.02 Å². The molecule has 0 aromatic heterocycles. The van der Waals surface area contributed by atoms with E-state index in [0.717, 1.165) is 0 Å². The van der Waals surface area contributed by atoms with Crippen molar-refractivity contribution in [2.75, 3.05) is 5.88 Å². The van der Waals surface area contributed by atoms with E-state index in [-0.39, 0.29) is 17.2 Å². The Bertz CT molecular complexity index is 335. The van der Waals surface area contributed by atoms with E-state index in [2.05, 4.69) is 20.8 Å². The third-order valence-corrected chi connectivity index (χ3v) is 3.65. The van der Waals surface area contributed by atoms with E-state index in [0.29, 0.717) is 22.9 Å². The number of benzene rings is 1. The van der Waals surface area contributed by atoms with Gasteiger partial charge in [-0.25, -0.2) is 4.39 Å². The van der Waals surface area contributed by atoms with Crippen molar-refractivity contribution in [1.29, 1.82) is 0 Å². The average molecular weight is 263 g/mol. The van der Waals surface area contributed by atoms with Crippen LogP contribution in [0.5, 0.6) is 0 Å². The molecule has 1 aromatic rings. The smallest absolute Gasteiger partial charge is 0.127 e. The predicted octanol–water partition coefficient (Wildman–Crippen LogP) is 4.92. The molecule has 1 atom stereocenters. The van der Waals surface area contributed by atoms with Gasteiger partial charge in [-0.15, -0.1) is 11.6 Å². The SMILES string of the molecule is CC(C)(C)C(CCl)Cc1c(F)cccc1Cl. The highest BCUT2D eigenvalue weighted by atomic mass is 35.5. The quantitative estimate of drug-likeness (QED) is 0.679. The van der Waals surface area contributed by atoms with Crippen LogP contribution < -0.4 is 0 Å². The van der Waals surface area contributed by atoms with Crippen molar-refractivity contribution in [3.63, 3.8) is 0 Å². The molecule has 0 spiro atoms. The summed E-state index contributed by atoms with van der Waals surface area (Å²) in [5, 5.41) is 0.486. The van der Waals surface area contributed by atoms with Gasteiger partial charge in [-0.2, -0.15) is 0 Å². The molecule has 0 aliphatic heterocycles. The van der Waals surface area contributed by atoms with Crippen LogP contribution in [0.25, 0.3) is 0 Å². The molecule has 3 heteroatoms. The van der Waals surface area contributed by atoms with Crippen molar-refractivity contribution in [2.24, 2.45) is 11.3 Å². The van der Waals surface area contributed by atoms with Gasteiger partial charge in [0, 0.05) is 16.5 Å². The van der Waals surface area contributed by atoms with Crippen molar-refractivity contribution in [1.82, 2.24) is 0 Å². The Morgan fingerprint density at radius 3 is 2.38 bits per heavy atom. The van der Waals surface area contributed by atoms with Gasteiger partial charge in [0.15, 0.2) is 0 Å². The highest BCUT2D eigenvalue weighted by Crippen LogP contribution is 2.32. The van der Waals surface area contributed by atoms with Gasteiger partial charge in [-0.05, 0) is 29.9 Å². The maximum atomic E-state index is 13.6. The van der Waals surface area contributed by atoms with Crippen LogP contribution in [0, 0.1) is 17.2 Å². The van der Waals surface area contributed by atoms with Crippen LogP contribution >= 0.6 is 23.2 Å². The summed E-state index contributed by atoms with van der Waals surface area (Å²) < 4.78 is 13.6. The standard InChI is InChI=1S/C13H17Cl2F/c1-13(2,3)9(8-14)7-10-11(15)5-4-6-12(10)16/h4-6,9H,7-8H2,1-3H3. The molecular formula is C13H17Cl2F. The number of alkyl halides is 1. The van der Waals surface area contributed by atoms with Crippen molar-refractivity contribution < 1.29 is 4.39 Å². The van der Waals surface area contributed by atoms with Gasteiger partial charge in [0.25, 0.3) is 0 Å². The first kappa shape index (κ1) is 13.8. The summed E-state index contributed by atoms with van der Waals surface area (Å²) in [6.07, 6.45) is 0.582. The normalized spacial score (nSPS) is 13.9. The summed E-state index contributed by atoms with van der Waals surface area (Å²) in [7, 11) is 0. The lowest BCUT2D eigenvalue weighted by Crippen LogP contribution is -2.24. The second-order valence-corrected chi connectivity index (χ2v) is 5.84. The minimum Gasteiger partial charge on any atom is -0.207 e. The second-order valence-electron chi connectivity index (χ2n) is 5.12. The van der Waals surface area contributed by atoms with E-state index >= 15 is 0 Å². The lowest BCUT2D eigenvalue weighted by atomic mass is 9.78. The molecule has 0 bridgehead atoms.